The van der Waals surface area contributed by atoms with Crippen LogP contribution in [0.15, 0.2) is 35.9 Å². The summed E-state index contributed by atoms with van der Waals surface area (Å²) in [6, 6.07) is 7.96. The number of rotatable bonds is 0. The summed E-state index contributed by atoms with van der Waals surface area (Å²) in [5.41, 5.74) is 3.45. The van der Waals surface area contributed by atoms with Crippen molar-refractivity contribution in [3.05, 3.63) is 47.0 Å². The SMILES string of the molecule is O=C1c2ccccc2C2(S)C3CCCC3=CCN12. The molecule has 1 amide bonds. The lowest BCUT2D eigenvalue weighted by molar-refractivity contribution is 0.0649. The fourth-order valence-corrected chi connectivity index (χ4v) is 4.48. The number of amides is 1. The highest BCUT2D eigenvalue weighted by atomic mass is 32.1. The molecule has 1 aromatic carbocycles. The van der Waals surface area contributed by atoms with E-state index in [0.29, 0.717) is 12.5 Å². The Morgan fingerprint density at radius 1 is 1.33 bits per heavy atom. The zero-order chi connectivity index (χ0) is 12.3. The number of thiol groups is 1. The van der Waals surface area contributed by atoms with Crippen LogP contribution in [0.2, 0.25) is 0 Å². The van der Waals surface area contributed by atoms with E-state index in [4.69, 9.17) is 12.6 Å². The maximum Gasteiger partial charge on any atom is 0.255 e. The number of carbonyl (C=O) groups is 1. The molecule has 1 fully saturated rings. The van der Waals surface area contributed by atoms with E-state index < -0.39 is 4.87 Å². The molecule has 0 bridgehead atoms. The summed E-state index contributed by atoms with van der Waals surface area (Å²) >= 11 is 4.98. The third-order valence-corrected chi connectivity index (χ3v) is 5.43. The summed E-state index contributed by atoms with van der Waals surface area (Å²) < 4.78 is 0. The summed E-state index contributed by atoms with van der Waals surface area (Å²) in [6.45, 7) is 0.711. The van der Waals surface area contributed by atoms with Gasteiger partial charge in [0.15, 0.2) is 0 Å². The predicted molar refractivity (Wildman–Crippen MR) is 73.6 cm³/mol. The molecule has 3 aliphatic rings. The Kier molecular flexibility index (Phi) is 2.03. The first-order chi connectivity index (χ1) is 8.73. The summed E-state index contributed by atoms with van der Waals surface area (Å²) in [5, 5.41) is 0. The third kappa shape index (κ3) is 1.09. The molecule has 2 nitrogen and oxygen atoms in total. The Morgan fingerprint density at radius 3 is 3.06 bits per heavy atom. The van der Waals surface area contributed by atoms with Crippen molar-refractivity contribution in [1.82, 2.24) is 4.90 Å². The van der Waals surface area contributed by atoms with Gasteiger partial charge >= 0.3 is 0 Å². The molecule has 1 saturated carbocycles. The van der Waals surface area contributed by atoms with Crippen molar-refractivity contribution in [2.24, 2.45) is 5.92 Å². The fourth-order valence-electron chi connectivity index (χ4n) is 3.82. The standard InChI is InChI=1S/C15H15NOS/c17-14-11-5-1-2-6-13(11)15(18)12-7-3-4-10(12)8-9-16(14)15/h1-2,5-6,8,12,18H,3-4,7,9H2. The van der Waals surface area contributed by atoms with Crippen LogP contribution >= 0.6 is 12.6 Å². The van der Waals surface area contributed by atoms with E-state index in [0.717, 1.165) is 17.5 Å². The quantitative estimate of drug-likeness (QED) is 0.559. The number of benzene rings is 1. The molecule has 0 aromatic heterocycles. The molecular weight excluding hydrogens is 242 g/mol. The largest absolute Gasteiger partial charge is 0.316 e. The van der Waals surface area contributed by atoms with Crippen molar-refractivity contribution in [1.29, 1.82) is 0 Å². The Morgan fingerprint density at radius 2 is 2.17 bits per heavy atom. The van der Waals surface area contributed by atoms with Crippen LogP contribution in [-0.2, 0) is 4.87 Å². The second-order valence-corrected chi connectivity index (χ2v) is 6.09. The minimum absolute atomic E-state index is 0.141. The normalized spacial score (nSPS) is 32.9. The van der Waals surface area contributed by atoms with Gasteiger partial charge in [0.2, 0.25) is 0 Å². The monoisotopic (exact) mass is 257 g/mol. The van der Waals surface area contributed by atoms with E-state index in [1.54, 1.807) is 0 Å². The first-order valence-electron chi connectivity index (χ1n) is 6.55. The number of hydrogen-bond acceptors (Lipinski definition) is 2. The number of hydrogen-bond donors (Lipinski definition) is 1. The maximum atomic E-state index is 12.5. The first kappa shape index (κ1) is 10.7. The molecule has 2 heterocycles. The van der Waals surface area contributed by atoms with Crippen LogP contribution in [0.5, 0.6) is 0 Å². The maximum absolute atomic E-state index is 12.5. The van der Waals surface area contributed by atoms with Crippen LogP contribution in [0.1, 0.15) is 35.2 Å². The highest BCUT2D eigenvalue weighted by Crippen LogP contribution is 2.56. The zero-order valence-electron chi connectivity index (χ0n) is 10.1. The highest BCUT2D eigenvalue weighted by molar-refractivity contribution is 7.81. The van der Waals surface area contributed by atoms with Crippen molar-refractivity contribution >= 4 is 18.5 Å². The predicted octanol–water partition coefficient (Wildman–Crippen LogP) is 2.97. The van der Waals surface area contributed by atoms with Gasteiger partial charge in [0.25, 0.3) is 5.91 Å². The second-order valence-electron chi connectivity index (χ2n) is 5.41. The molecule has 0 N–H and O–H groups in total. The second kappa shape index (κ2) is 3.41. The Hall–Kier alpha value is -1.22. The van der Waals surface area contributed by atoms with E-state index in [1.165, 1.54) is 18.4 Å². The lowest BCUT2D eigenvalue weighted by Gasteiger charge is -2.43. The van der Waals surface area contributed by atoms with Gasteiger partial charge in [-0.2, -0.15) is 0 Å². The van der Waals surface area contributed by atoms with Crippen LogP contribution in [0.4, 0.5) is 0 Å². The van der Waals surface area contributed by atoms with E-state index in [9.17, 15) is 4.79 Å². The molecule has 0 saturated heterocycles. The average Bonchev–Trinajstić information content (AvgIpc) is 2.94. The molecule has 2 atom stereocenters. The smallest absolute Gasteiger partial charge is 0.255 e. The van der Waals surface area contributed by atoms with Gasteiger partial charge in [-0.25, -0.2) is 0 Å². The van der Waals surface area contributed by atoms with E-state index in [-0.39, 0.29) is 5.91 Å². The fraction of sp³-hybridized carbons (Fsp3) is 0.400. The van der Waals surface area contributed by atoms with Crippen molar-refractivity contribution < 1.29 is 4.79 Å². The molecule has 1 aromatic rings. The van der Waals surface area contributed by atoms with Gasteiger partial charge in [-0.3, -0.25) is 4.79 Å². The van der Waals surface area contributed by atoms with E-state index >= 15 is 0 Å². The Bertz CT molecular complexity index is 576. The average molecular weight is 257 g/mol. The van der Waals surface area contributed by atoms with Crippen LogP contribution in [0.25, 0.3) is 0 Å². The Labute approximate surface area is 112 Å². The minimum Gasteiger partial charge on any atom is -0.316 e. The molecule has 0 radical (unpaired) electrons. The first-order valence-corrected chi connectivity index (χ1v) is 7.00. The molecule has 4 rings (SSSR count). The lowest BCUT2D eigenvalue weighted by Crippen LogP contribution is -2.47. The molecule has 92 valence electrons. The topological polar surface area (TPSA) is 20.3 Å². The van der Waals surface area contributed by atoms with Crippen molar-refractivity contribution in [2.75, 3.05) is 6.54 Å². The summed E-state index contributed by atoms with van der Waals surface area (Å²) in [4.78, 5) is 14.0. The molecule has 2 unspecified atom stereocenters. The number of carbonyl (C=O) groups excluding carboxylic acids is 1. The van der Waals surface area contributed by atoms with Crippen LogP contribution in [0, 0.1) is 5.92 Å². The van der Waals surface area contributed by atoms with Crippen LogP contribution < -0.4 is 0 Å². The van der Waals surface area contributed by atoms with E-state index in [1.807, 2.05) is 23.1 Å². The lowest BCUT2D eigenvalue weighted by atomic mass is 9.85. The van der Waals surface area contributed by atoms with Gasteiger partial charge in [-0.1, -0.05) is 29.8 Å². The van der Waals surface area contributed by atoms with Gasteiger partial charge in [0, 0.05) is 23.6 Å². The zero-order valence-corrected chi connectivity index (χ0v) is 11.0. The van der Waals surface area contributed by atoms with Crippen molar-refractivity contribution in [3.63, 3.8) is 0 Å². The molecule has 2 aliphatic heterocycles. The van der Waals surface area contributed by atoms with Gasteiger partial charge < -0.3 is 4.90 Å². The van der Waals surface area contributed by atoms with Gasteiger partial charge in [-0.05, 0) is 25.3 Å². The minimum atomic E-state index is -0.395. The van der Waals surface area contributed by atoms with Crippen LogP contribution in [0.3, 0.4) is 0 Å². The van der Waals surface area contributed by atoms with Crippen molar-refractivity contribution in [3.8, 4) is 0 Å². The third-order valence-electron chi connectivity index (χ3n) is 4.64. The number of nitrogens with zero attached hydrogens (tertiary/aromatic N) is 1. The molecule has 18 heavy (non-hydrogen) atoms. The van der Waals surface area contributed by atoms with Gasteiger partial charge in [0.1, 0.15) is 4.87 Å². The van der Waals surface area contributed by atoms with E-state index in [2.05, 4.69) is 12.1 Å². The highest BCUT2D eigenvalue weighted by Gasteiger charge is 2.54. The van der Waals surface area contributed by atoms with Crippen molar-refractivity contribution in [2.45, 2.75) is 24.1 Å². The van der Waals surface area contributed by atoms with Gasteiger partial charge in [-0.15, -0.1) is 12.6 Å². The molecule has 0 spiro atoms. The summed E-state index contributed by atoms with van der Waals surface area (Å²) in [6.07, 6.45) is 5.80. The molecule has 1 aliphatic carbocycles. The Balaban J connectivity index is 1.96. The van der Waals surface area contributed by atoms with Gasteiger partial charge in [0.05, 0.1) is 0 Å². The molecular formula is C15H15NOS. The van der Waals surface area contributed by atoms with Crippen LogP contribution in [-0.4, -0.2) is 17.4 Å². The molecule has 3 heteroatoms. The summed E-state index contributed by atoms with van der Waals surface area (Å²) in [7, 11) is 0. The summed E-state index contributed by atoms with van der Waals surface area (Å²) in [5.74, 6) is 0.546. The number of fused-ring (bicyclic) bond motifs is 5.